The van der Waals surface area contributed by atoms with Gasteiger partial charge in [-0.05, 0) is 23.8 Å². The first-order valence-electron chi connectivity index (χ1n) is 5.41. The molecule has 1 aliphatic heterocycles. The molecule has 0 N–H and O–H groups in total. The Hall–Kier alpha value is -1.41. The van der Waals surface area contributed by atoms with Crippen molar-refractivity contribution >= 4 is 28.2 Å². The average Bonchev–Trinajstić information content (AvgIpc) is 2.67. The van der Waals surface area contributed by atoms with E-state index < -0.39 is 0 Å². The van der Waals surface area contributed by atoms with Gasteiger partial charge in [-0.3, -0.25) is 0 Å². The molecule has 3 rings (SSSR count). The number of hydrogen-bond acceptors (Lipinski definition) is 2. The van der Waals surface area contributed by atoms with E-state index in [0.29, 0.717) is 0 Å². The van der Waals surface area contributed by atoms with Crippen LogP contribution in [0.2, 0.25) is 0 Å². The second kappa shape index (κ2) is 3.56. The van der Waals surface area contributed by atoms with Gasteiger partial charge in [0.25, 0.3) is 0 Å². The van der Waals surface area contributed by atoms with Crippen molar-refractivity contribution in [2.45, 2.75) is 11.8 Å². The summed E-state index contributed by atoms with van der Waals surface area (Å²) in [5.41, 5.74) is 1.32. The molecule has 0 atom stereocenters. The summed E-state index contributed by atoms with van der Waals surface area (Å²) in [6.07, 6.45) is 2.17. The molecule has 0 saturated heterocycles. The number of rotatable bonds is 0. The molecule has 1 aliphatic rings. The van der Waals surface area contributed by atoms with Gasteiger partial charge in [-0.1, -0.05) is 48.2 Å². The molecule has 0 saturated carbocycles. The molecule has 1 heterocycles. The average molecular weight is 227 g/mol. The van der Waals surface area contributed by atoms with Gasteiger partial charge in [0.15, 0.2) is 0 Å². The van der Waals surface area contributed by atoms with Crippen LogP contribution in [0.1, 0.15) is 6.92 Å². The minimum absolute atomic E-state index is 1.31. The highest BCUT2D eigenvalue weighted by Crippen LogP contribution is 2.48. The maximum atomic E-state index is 2.26. The third-order valence-electron chi connectivity index (χ3n) is 3.00. The second-order valence-corrected chi connectivity index (χ2v) is 4.95. The summed E-state index contributed by atoms with van der Waals surface area (Å²) in [4.78, 5) is 3.64. The van der Waals surface area contributed by atoms with Crippen LogP contribution in [0.3, 0.4) is 0 Å². The zero-order valence-electron chi connectivity index (χ0n) is 9.40. The number of nitrogens with zero attached hydrogens (tertiary/aromatic N) is 1. The molecule has 0 spiro atoms. The minimum Gasteiger partial charge on any atom is -0.338 e. The highest BCUT2D eigenvalue weighted by molar-refractivity contribution is 8.04. The standard InChI is InChI=1S/C14H13NS/c1-3-13-15(2)12-9-8-10-6-4-5-7-11(10)14(12)16-13/h3-9H,1-2H3. The zero-order chi connectivity index (χ0) is 11.1. The molecule has 1 nitrogen and oxygen atoms in total. The van der Waals surface area contributed by atoms with Crippen molar-refractivity contribution in [1.82, 2.24) is 0 Å². The predicted molar refractivity (Wildman–Crippen MR) is 72.0 cm³/mol. The van der Waals surface area contributed by atoms with Crippen LogP contribution in [0.15, 0.2) is 52.4 Å². The third kappa shape index (κ3) is 1.26. The number of allylic oxidation sites excluding steroid dienone is 1. The van der Waals surface area contributed by atoms with Crippen molar-refractivity contribution in [3.8, 4) is 0 Å². The van der Waals surface area contributed by atoms with Crippen molar-refractivity contribution in [3.63, 3.8) is 0 Å². The Morgan fingerprint density at radius 2 is 1.94 bits per heavy atom. The quantitative estimate of drug-likeness (QED) is 0.662. The smallest absolute Gasteiger partial charge is 0.0755 e. The van der Waals surface area contributed by atoms with Crippen LogP contribution in [0.25, 0.3) is 10.8 Å². The topological polar surface area (TPSA) is 3.24 Å². The van der Waals surface area contributed by atoms with Gasteiger partial charge in [0.1, 0.15) is 0 Å². The van der Waals surface area contributed by atoms with Gasteiger partial charge in [0.2, 0.25) is 0 Å². The number of benzene rings is 2. The molecule has 0 fully saturated rings. The van der Waals surface area contributed by atoms with Crippen LogP contribution in [0, 0.1) is 0 Å². The van der Waals surface area contributed by atoms with Gasteiger partial charge in [-0.25, -0.2) is 0 Å². The van der Waals surface area contributed by atoms with Crippen molar-refractivity contribution < 1.29 is 0 Å². The summed E-state index contributed by atoms with van der Waals surface area (Å²) in [6, 6.07) is 13.0. The summed E-state index contributed by atoms with van der Waals surface area (Å²) < 4.78 is 0. The van der Waals surface area contributed by atoms with E-state index in [9.17, 15) is 0 Å². The van der Waals surface area contributed by atoms with Gasteiger partial charge < -0.3 is 4.90 Å². The van der Waals surface area contributed by atoms with E-state index in [2.05, 4.69) is 61.3 Å². The summed E-state index contributed by atoms with van der Waals surface area (Å²) in [6.45, 7) is 2.09. The van der Waals surface area contributed by atoms with Crippen LogP contribution in [0.5, 0.6) is 0 Å². The maximum absolute atomic E-state index is 2.26. The number of fused-ring (bicyclic) bond motifs is 3. The molecule has 80 valence electrons. The highest BCUT2D eigenvalue weighted by atomic mass is 32.2. The Morgan fingerprint density at radius 3 is 2.75 bits per heavy atom. The zero-order valence-corrected chi connectivity index (χ0v) is 10.2. The van der Waals surface area contributed by atoms with Crippen LogP contribution in [0.4, 0.5) is 5.69 Å². The van der Waals surface area contributed by atoms with E-state index in [1.807, 2.05) is 11.8 Å². The molecule has 0 bridgehead atoms. The van der Waals surface area contributed by atoms with Crippen molar-refractivity contribution in [2.24, 2.45) is 0 Å². The molecule has 0 aliphatic carbocycles. The number of anilines is 1. The normalized spacial score (nSPS) is 17.1. The number of thioether (sulfide) groups is 1. The third-order valence-corrected chi connectivity index (χ3v) is 4.36. The summed E-state index contributed by atoms with van der Waals surface area (Å²) in [5.74, 6) is 0. The molecular formula is C14H13NS. The second-order valence-electron chi connectivity index (χ2n) is 3.92. The fourth-order valence-electron chi connectivity index (χ4n) is 2.15. The monoisotopic (exact) mass is 227 g/mol. The Labute approximate surface area is 99.8 Å². The molecule has 0 radical (unpaired) electrons. The lowest BCUT2D eigenvalue weighted by atomic mass is 10.1. The van der Waals surface area contributed by atoms with E-state index in [4.69, 9.17) is 0 Å². The first-order valence-corrected chi connectivity index (χ1v) is 6.22. The van der Waals surface area contributed by atoms with E-state index >= 15 is 0 Å². The lowest BCUT2D eigenvalue weighted by Crippen LogP contribution is -2.08. The van der Waals surface area contributed by atoms with Gasteiger partial charge in [0, 0.05) is 11.9 Å². The molecule has 16 heavy (non-hydrogen) atoms. The first kappa shape index (κ1) is 9.79. The summed E-state index contributed by atoms with van der Waals surface area (Å²) in [5, 5.41) is 3.99. The van der Waals surface area contributed by atoms with Crippen molar-refractivity contribution in [2.75, 3.05) is 11.9 Å². The molecule has 0 amide bonds. The van der Waals surface area contributed by atoms with Crippen LogP contribution >= 0.6 is 11.8 Å². The largest absolute Gasteiger partial charge is 0.338 e. The predicted octanol–water partition coefficient (Wildman–Crippen LogP) is 4.24. The lowest BCUT2D eigenvalue weighted by molar-refractivity contribution is 1.18. The van der Waals surface area contributed by atoms with E-state index in [-0.39, 0.29) is 0 Å². The molecular weight excluding hydrogens is 214 g/mol. The Balaban J connectivity index is 2.32. The highest BCUT2D eigenvalue weighted by Gasteiger charge is 2.22. The molecule has 2 heteroatoms. The fourth-order valence-corrected chi connectivity index (χ4v) is 3.31. The van der Waals surface area contributed by atoms with E-state index in [0.717, 1.165) is 0 Å². The van der Waals surface area contributed by atoms with Crippen LogP contribution in [-0.4, -0.2) is 7.05 Å². The fraction of sp³-hybridized carbons (Fsp3) is 0.143. The lowest BCUT2D eigenvalue weighted by Gasteiger charge is -2.12. The molecule has 2 aromatic carbocycles. The van der Waals surface area contributed by atoms with Gasteiger partial charge in [0.05, 0.1) is 10.7 Å². The Kier molecular flexibility index (Phi) is 2.18. The summed E-state index contributed by atoms with van der Waals surface area (Å²) >= 11 is 1.86. The van der Waals surface area contributed by atoms with E-state index in [1.165, 1.54) is 26.4 Å². The Bertz CT molecular complexity index is 586. The minimum atomic E-state index is 1.31. The maximum Gasteiger partial charge on any atom is 0.0755 e. The SMILES string of the molecule is CC=C1Sc2c(ccc3ccccc23)N1C. The molecule has 2 aromatic rings. The van der Waals surface area contributed by atoms with Crippen LogP contribution < -0.4 is 4.90 Å². The van der Waals surface area contributed by atoms with E-state index in [1.54, 1.807) is 0 Å². The first-order chi connectivity index (χ1) is 7.81. The number of hydrogen-bond donors (Lipinski definition) is 0. The van der Waals surface area contributed by atoms with Gasteiger partial charge in [-0.2, -0.15) is 0 Å². The molecule has 0 unspecified atom stereocenters. The Morgan fingerprint density at radius 1 is 1.12 bits per heavy atom. The molecule has 0 aromatic heterocycles. The van der Waals surface area contributed by atoms with Crippen molar-refractivity contribution in [3.05, 3.63) is 47.5 Å². The summed E-state index contributed by atoms with van der Waals surface area (Å²) in [7, 11) is 2.13. The van der Waals surface area contributed by atoms with Crippen molar-refractivity contribution in [1.29, 1.82) is 0 Å². The van der Waals surface area contributed by atoms with Crippen LogP contribution in [-0.2, 0) is 0 Å². The van der Waals surface area contributed by atoms with Gasteiger partial charge in [-0.15, -0.1) is 0 Å². The van der Waals surface area contributed by atoms with Gasteiger partial charge >= 0.3 is 0 Å².